The largest absolute Gasteiger partial charge is 0.0761 e. The first-order valence-electron chi connectivity index (χ1n) is 19.9. The number of fused-ring (bicyclic) bond motifs is 5. The van der Waals surface area contributed by atoms with Gasteiger partial charge >= 0.3 is 0 Å². The van der Waals surface area contributed by atoms with Gasteiger partial charge in [0.2, 0.25) is 0 Å². The number of hydrogen-bond acceptors (Lipinski definition) is 0. The Kier molecular flexibility index (Phi) is 7.88. The molecule has 0 saturated heterocycles. The van der Waals surface area contributed by atoms with Gasteiger partial charge < -0.3 is 0 Å². The van der Waals surface area contributed by atoms with Gasteiger partial charge in [-0.3, -0.25) is 0 Å². The number of rotatable bonds is 5. The van der Waals surface area contributed by atoms with E-state index in [1.807, 2.05) is 0 Å². The summed E-state index contributed by atoms with van der Waals surface area (Å²) < 4.78 is 0. The first kappa shape index (κ1) is 32.7. The normalized spacial score (nSPS) is 20.7. The molecule has 0 bridgehead atoms. The molecule has 0 heterocycles. The van der Waals surface area contributed by atoms with Crippen molar-refractivity contribution in [3.05, 3.63) is 251 Å². The average Bonchev–Trinajstić information content (AvgIpc) is 3.28. The second-order valence-corrected chi connectivity index (χ2v) is 15.5. The van der Waals surface area contributed by atoms with Crippen molar-refractivity contribution in [1.82, 2.24) is 0 Å². The molecule has 0 fully saturated rings. The molecule has 0 nitrogen and oxygen atoms in total. The van der Waals surface area contributed by atoms with Crippen LogP contribution in [-0.2, 0) is 0 Å². The molecule has 11 rings (SSSR count). The number of benzene rings is 7. The van der Waals surface area contributed by atoms with Crippen LogP contribution in [0.3, 0.4) is 0 Å². The summed E-state index contributed by atoms with van der Waals surface area (Å²) in [6, 6.07) is 58.1. The summed E-state index contributed by atoms with van der Waals surface area (Å²) in [6.45, 7) is 0. The molecule has 264 valence electrons. The lowest BCUT2D eigenvalue weighted by Crippen LogP contribution is -2.40. The van der Waals surface area contributed by atoms with Crippen LogP contribution < -0.4 is 10.4 Å². The monoisotopic (exact) mass is 712 g/mol. The minimum Gasteiger partial charge on any atom is -0.0761 e. The minimum absolute atomic E-state index is 0.176. The molecular formula is C56H40. The summed E-state index contributed by atoms with van der Waals surface area (Å²) in [5.74, 6) is 1.02. The average molecular weight is 713 g/mol. The molecule has 0 spiro atoms. The van der Waals surface area contributed by atoms with Gasteiger partial charge in [0, 0.05) is 23.7 Å². The van der Waals surface area contributed by atoms with E-state index in [1.54, 1.807) is 0 Å². The molecule has 7 aromatic rings. The van der Waals surface area contributed by atoms with Gasteiger partial charge in [-0.05, 0) is 93.7 Å². The molecule has 0 N–H and O–H groups in total. The molecule has 0 aliphatic heterocycles. The third kappa shape index (κ3) is 5.36. The zero-order valence-corrected chi connectivity index (χ0v) is 31.1. The fourth-order valence-corrected chi connectivity index (χ4v) is 9.88. The van der Waals surface area contributed by atoms with Crippen molar-refractivity contribution in [2.75, 3.05) is 0 Å². The smallest absolute Gasteiger partial charge is 0.0138 e. The van der Waals surface area contributed by atoms with Crippen molar-refractivity contribution in [3.8, 4) is 11.1 Å². The Labute approximate surface area is 328 Å². The van der Waals surface area contributed by atoms with E-state index in [9.17, 15) is 0 Å². The standard InChI is InChI=1S/C56H40/c1-3-16-37(17-4-1)39-20-15-21-43(35-39)53-45-22-7-11-26-49(45)55(50-27-12-8-23-46(50)53)56-51-28-13-9-24-47(51)54(48-25-10-14-29-52(48)56)44-33-32-41-34-40(30-31-42(41)36-44)38-18-5-2-6-19-38/h1-36,41-42,45,49H. The molecule has 0 heteroatoms. The maximum absolute atomic E-state index is 2.51. The van der Waals surface area contributed by atoms with Crippen LogP contribution in [0.5, 0.6) is 0 Å². The first-order valence-corrected chi connectivity index (χ1v) is 19.9. The molecular weight excluding hydrogens is 673 g/mol. The molecule has 4 aliphatic rings. The Hall–Kier alpha value is -6.76. The third-order valence-corrected chi connectivity index (χ3v) is 12.4. The fraction of sp³-hybridized carbons (Fsp3) is 0.0714. The van der Waals surface area contributed by atoms with Gasteiger partial charge in [0.25, 0.3) is 0 Å². The van der Waals surface area contributed by atoms with E-state index in [4.69, 9.17) is 0 Å². The van der Waals surface area contributed by atoms with Crippen molar-refractivity contribution >= 4 is 43.8 Å². The molecule has 4 atom stereocenters. The quantitative estimate of drug-likeness (QED) is 0.156. The minimum atomic E-state index is 0.176. The van der Waals surface area contributed by atoms with E-state index >= 15 is 0 Å². The number of allylic oxidation sites excluding steroid dienone is 12. The van der Waals surface area contributed by atoms with Crippen molar-refractivity contribution in [2.24, 2.45) is 23.7 Å². The van der Waals surface area contributed by atoms with E-state index in [-0.39, 0.29) is 11.8 Å². The molecule has 4 unspecified atom stereocenters. The highest BCUT2D eigenvalue weighted by atomic mass is 14.4. The Morgan fingerprint density at radius 3 is 1.43 bits per heavy atom. The first-order chi connectivity index (χ1) is 27.8. The Morgan fingerprint density at radius 1 is 0.321 bits per heavy atom. The summed E-state index contributed by atoms with van der Waals surface area (Å²) in [4.78, 5) is 0. The van der Waals surface area contributed by atoms with Crippen LogP contribution in [0.15, 0.2) is 218 Å². The molecule has 0 saturated carbocycles. The molecule has 7 aromatic carbocycles. The van der Waals surface area contributed by atoms with E-state index < -0.39 is 0 Å². The highest BCUT2D eigenvalue weighted by Crippen LogP contribution is 2.47. The van der Waals surface area contributed by atoms with Gasteiger partial charge in [0.15, 0.2) is 0 Å². The van der Waals surface area contributed by atoms with Gasteiger partial charge in [0.05, 0.1) is 0 Å². The van der Waals surface area contributed by atoms with E-state index in [0.717, 1.165) is 0 Å². The van der Waals surface area contributed by atoms with Gasteiger partial charge in [-0.2, -0.15) is 0 Å². The van der Waals surface area contributed by atoms with Crippen LogP contribution in [0.1, 0.15) is 22.3 Å². The number of hydrogen-bond donors (Lipinski definition) is 0. The maximum Gasteiger partial charge on any atom is 0.0138 e. The topological polar surface area (TPSA) is 0 Å². The predicted molar refractivity (Wildman–Crippen MR) is 237 cm³/mol. The molecule has 0 aromatic heterocycles. The van der Waals surface area contributed by atoms with Crippen molar-refractivity contribution < 1.29 is 0 Å². The summed E-state index contributed by atoms with van der Waals surface area (Å²) >= 11 is 0. The highest BCUT2D eigenvalue weighted by Gasteiger charge is 2.34. The maximum atomic E-state index is 2.51. The van der Waals surface area contributed by atoms with Gasteiger partial charge in [-0.15, -0.1) is 0 Å². The van der Waals surface area contributed by atoms with Crippen molar-refractivity contribution in [1.29, 1.82) is 0 Å². The lowest BCUT2D eigenvalue weighted by molar-refractivity contribution is 0.665. The summed E-state index contributed by atoms with van der Waals surface area (Å²) in [7, 11) is 0. The van der Waals surface area contributed by atoms with Crippen LogP contribution in [0.4, 0.5) is 0 Å². The van der Waals surface area contributed by atoms with Crippen LogP contribution in [0, 0.1) is 23.7 Å². The Bertz CT molecular complexity index is 2960. The second kappa shape index (κ2) is 13.5. The summed E-state index contributed by atoms with van der Waals surface area (Å²) in [5, 5.41) is 7.87. The zero-order chi connectivity index (χ0) is 37.0. The fourth-order valence-electron chi connectivity index (χ4n) is 9.88. The predicted octanol–water partition coefficient (Wildman–Crippen LogP) is 12.3. The van der Waals surface area contributed by atoms with Crippen LogP contribution >= 0.6 is 0 Å². The second-order valence-electron chi connectivity index (χ2n) is 15.5. The Balaban J connectivity index is 1.14. The van der Waals surface area contributed by atoms with E-state index in [1.165, 1.54) is 87.7 Å². The SMILES string of the molecule is C1=CC2C(c3cccc(-c4ccccc4)c3)=c3ccccc3=C(c3c4ccccc4c(C4=CC5C=CC(c6ccccc6)=CC5C=C4)c4ccccc34)C2C=C1. The lowest BCUT2D eigenvalue weighted by Gasteiger charge is -2.34. The zero-order valence-electron chi connectivity index (χ0n) is 31.1. The molecule has 4 aliphatic carbocycles. The Morgan fingerprint density at radius 2 is 0.786 bits per heavy atom. The van der Waals surface area contributed by atoms with Crippen LogP contribution in [-0.4, -0.2) is 0 Å². The highest BCUT2D eigenvalue weighted by molar-refractivity contribution is 6.17. The molecule has 0 amide bonds. The van der Waals surface area contributed by atoms with E-state index in [2.05, 4.69) is 218 Å². The summed E-state index contributed by atoms with van der Waals surface area (Å²) in [6.07, 6.45) is 23.9. The van der Waals surface area contributed by atoms with Gasteiger partial charge in [-0.25, -0.2) is 0 Å². The van der Waals surface area contributed by atoms with Gasteiger partial charge in [0.1, 0.15) is 0 Å². The van der Waals surface area contributed by atoms with Gasteiger partial charge in [-0.1, -0.05) is 212 Å². The van der Waals surface area contributed by atoms with Crippen molar-refractivity contribution in [3.63, 3.8) is 0 Å². The van der Waals surface area contributed by atoms with E-state index in [0.29, 0.717) is 11.8 Å². The van der Waals surface area contributed by atoms with Crippen LogP contribution in [0.25, 0.3) is 55.0 Å². The molecule has 56 heavy (non-hydrogen) atoms. The van der Waals surface area contributed by atoms with Crippen molar-refractivity contribution in [2.45, 2.75) is 0 Å². The van der Waals surface area contributed by atoms with Crippen LogP contribution in [0.2, 0.25) is 0 Å². The third-order valence-electron chi connectivity index (χ3n) is 12.4. The molecule has 0 radical (unpaired) electrons. The lowest BCUT2D eigenvalue weighted by atomic mass is 9.68. The summed E-state index contributed by atoms with van der Waals surface area (Å²) in [5.41, 5.74) is 13.1.